The molecular weight excluding hydrogens is 432 g/mol. The molecule has 2 saturated carbocycles. The number of hydrogen-bond acceptors (Lipinski definition) is 4. The van der Waals surface area contributed by atoms with Crippen LogP contribution in [0, 0.1) is 5.41 Å². The van der Waals surface area contributed by atoms with Crippen LogP contribution in [0.5, 0.6) is 0 Å². The molecule has 5 rings (SSSR count). The van der Waals surface area contributed by atoms with Gasteiger partial charge in [0.15, 0.2) is 0 Å². The molecule has 2 aromatic carbocycles. The Balaban J connectivity index is 1.19. The van der Waals surface area contributed by atoms with E-state index in [2.05, 4.69) is 34.9 Å². The SMILES string of the molecule is O=C(NC1(C(=O)NCC2(C(=O)O)CCCCC2)CC1)OCC1c2ccccc2-c2ccccc21. The zero-order valence-corrected chi connectivity index (χ0v) is 19.1. The first kappa shape index (κ1) is 22.4. The number of rotatable bonds is 7. The van der Waals surface area contributed by atoms with Crippen molar-refractivity contribution in [1.82, 2.24) is 10.6 Å². The Kier molecular flexibility index (Phi) is 5.80. The number of carbonyl (C=O) groups excluding carboxylic acids is 2. The molecule has 0 atom stereocenters. The Morgan fingerprint density at radius 3 is 2.03 bits per heavy atom. The van der Waals surface area contributed by atoms with E-state index < -0.39 is 23.0 Å². The second kappa shape index (κ2) is 8.78. The van der Waals surface area contributed by atoms with Crippen molar-refractivity contribution in [3.63, 3.8) is 0 Å². The molecule has 0 unspecified atom stereocenters. The number of aliphatic carboxylic acids is 1. The lowest BCUT2D eigenvalue weighted by Crippen LogP contribution is -2.53. The number of hydrogen-bond donors (Lipinski definition) is 3. The Morgan fingerprint density at radius 1 is 0.882 bits per heavy atom. The molecule has 3 aliphatic carbocycles. The molecule has 0 aromatic heterocycles. The summed E-state index contributed by atoms with van der Waals surface area (Å²) in [5.74, 6) is -1.24. The first-order valence-corrected chi connectivity index (χ1v) is 12.1. The van der Waals surface area contributed by atoms with Gasteiger partial charge in [0.2, 0.25) is 5.91 Å². The van der Waals surface area contributed by atoms with E-state index in [9.17, 15) is 19.5 Å². The van der Waals surface area contributed by atoms with Gasteiger partial charge in [-0.15, -0.1) is 0 Å². The van der Waals surface area contributed by atoms with Gasteiger partial charge in [0, 0.05) is 12.5 Å². The molecule has 178 valence electrons. The van der Waals surface area contributed by atoms with Crippen molar-refractivity contribution in [2.75, 3.05) is 13.2 Å². The van der Waals surface area contributed by atoms with E-state index >= 15 is 0 Å². The Hall–Kier alpha value is -3.35. The van der Waals surface area contributed by atoms with Crippen molar-refractivity contribution in [2.24, 2.45) is 5.41 Å². The summed E-state index contributed by atoms with van der Waals surface area (Å²) in [6.07, 6.45) is 4.27. The highest BCUT2D eigenvalue weighted by Crippen LogP contribution is 2.44. The molecule has 3 N–H and O–H groups in total. The molecule has 2 fully saturated rings. The smallest absolute Gasteiger partial charge is 0.408 e. The molecule has 0 saturated heterocycles. The highest BCUT2D eigenvalue weighted by atomic mass is 16.5. The number of alkyl carbamates (subject to hydrolysis) is 1. The average Bonchev–Trinajstić information content (AvgIpc) is 3.57. The Morgan fingerprint density at radius 2 is 1.47 bits per heavy atom. The van der Waals surface area contributed by atoms with E-state index in [1.807, 2.05) is 24.3 Å². The molecule has 7 nitrogen and oxygen atoms in total. The van der Waals surface area contributed by atoms with Crippen molar-refractivity contribution in [2.45, 2.75) is 56.4 Å². The van der Waals surface area contributed by atoms with Gasteiger partial charge in [-0.05, 0) is 47.9 Å². The molecule has 34 heavy (non-hydrogen) atoms. The van der Waals surface area contributed by atoms with E-state index in [-0.39, 0.29) is 25.0 Å². The van der Waals surface area contributed by atoms with Gasteiger partial charge in [-0.2, -0.15) is 0 Å². The van der Waals surface area contributed by atoms with E-state index in [1.165, 1.54) is 0 Å². The predicted octanol–water partition coefficient (Wildman–Crippen LogP) is 4.21. The van der Waals surface area contributed by atoms with Crippen LogP contribution in [0.15, 0.2) is 48.5 Å². The summed E-state index contributed by atoms with van der Waals surface area (Å²) >= 11 is 0. The van der Waals surface area contributed by atoms with Crippen LogP contribution in [0.2, 0.25) is 0 Å². The van der Waals surface area contributed by atoms with Crippen LogP contribution in [0.3, 0.4) is 0 Å². The van der Waals surface area contributed by atoms with Gasteiger partial charge in [-0.1, -0.05) is 67.8 Å². The maximum atomic E-state index is 12.9. The molecule has 0 aliphatic heterocycles. The van der Waals surface area contributed by atoms with Gasteiger partial charge < -0.3 is 20.5 Å². The summed E-state index contributed by atoms with van der Waals surface area (Å²) in [5.41, 5.74) is 2.65. The second-order valence-corrected chi connectivity index (χ2v) is 9.86. The van der Waals surface area contributed by atoms with E-state index in [1.54, 1.807) is 0 Å². The minimum atomic E-state index is -1.00. The highest BCUT2D eigenvalue weighted by Gasteiger charge is 2.52. The van der Waals surface area contributed by atoms with Crippen LogP contribution in [0.1, 0.15) is 62.0 Å². The molecule has 7 heteroatoms. The summed E-state index contributed by atoms with van der Waals surface area (Å²) in [6, 6.07) is 16.2. The van der Waals surface area contributed by atoms with Crippen molar-refractivity contribution < 1.29 is 24.2 Å². The summed E-state index contributed by atoms with van der Waals surface area (Å²) in [7, 11) is 0. The third-order valence-corrected chi connectivity index (χ3v) is 7.72. The number of amides is 2. The summed E-state index contributed by atoms with van der Waals surface area (Å²) in [5, 5.41) is 15.3. The summed E-state index contributed by atoms with van der Waals surface area (Å²) in [6.45, 7) is 0.273. The Bertz CT molecular complexity index is 1070. The number of carboxylic acids is 1. The second-order valence-electron chi connectivity index (χ2n) is 9.86. The van der Waals surface area contributed by atoms with E-state index in [4.69, 9.17) is 4.74 Å². The van der Waals surface area contributed by atoms with Gasteiger partial charge in [0.05, 0.1) is 5.41 Å². The zero-order chi connectivity index (χ0) is 23.8. The number of benzene rings is 2. The molecule has 2 aromatic rings. The van der Waals surface area contributed by atoms with Crippen LogP contribution in [0.4, 0.5) is 4.79 Å². The van der Waals surface area contributed by atoms with Gasteiger partial charge in [-0.3, -0.25) is 9.59 Å². The summed E-state index contributed by atoms with van der Waals surface area (Å²) < 4.78 is 5.59. The van der Waals surface area contributed by atoms with Crippen LogP contribution >= 0.6 is 0 Å². The lowest BCUT2D eigenvalue weighted by Gasteiger charge is -2.33. The topological polar surface area (TPSA) is 105 Å². The fraction of sp³-hybridized carbons (Fsp3) is 0.444. The number of fused-ring (bicyclic) bond motifs is 3. The minimum absolute atomic E-state index is 0.0520. The van der Waals surface area contributed by atoms with Crippen LogP contribution in [-0.2, 0) is 14.3 Å². The lowest BCUT2D eigenvalue weighted by atomic mass is 9.74. The number of carboxylic acid groups (broad SMARTS) is 1. The number of carbonyl (C=O) groups is 3. The fourth-order valence-corrected chi connectivity index (χ4v) is 5.48. The van der Waals surface area contributed by atoms with E-state index in [0.29, 0.717) is 25.7 Å². The van der Waals surface area contributed by atoms with Crippen LogP contribution in [-0.4, -0.2) is 41.8 Å². The number of nitrogens with one attached hydrogen (secondary N) is 2. The molecule has 0 heterocycles. The quantitative estimate of drug-likeness (QED) is 0.572. The van der Waals surface area contributed by atoms with Crippen molar-refractivity contribution in [3.8, 4) is 11.1 Å². The third-order valence-electron chi connectivity index (χ3n) is 7.72. The van der Waals surface area contributed by atoms with Gasteiger partial charge >= 0.3 is 12.1 Å². The molecule has 0 spiro atoms. The maximum Gasteiger partial charge on any atom is 0.408 e. The molecule has 0 radical (unpaired) electrons. The van der Waals surface area contributed by atoms with Crippen LogP contribution in [0.25, 0.3) is 11.1 Å². The first-order chi connectivity index (χ1) is 16.4. The van der Waals surface area contributed by atoms with Crippen molar-refractivity contribution in [1.29, 1.82) is 0 Å². The van der Waals surface area contributed by atoms with Gasteiger partial charge in [-0.25, -0.2) is 4.79 Å². The van der Waals surface area contributed by atoms with Crippen LogP contribution < -0.4 is 10.6 Å². The van der Waals surface area contributed by atoms with Crippen molar-refractivity contribution >= 4 is 18.0 Å². The third kappa shape index (κ3) is 4.04. The van der Waals surface area contributed by atoms with E-state index in [0.717, 1.165) is 41.5 Å². The van der Waals surface area contributed by atoms with Gasteiger partial charge in [0.1, 0.15) is 12.1 Å². The standard InChI is InChI=1S/C27H30N2O5/c30-23(28-17-26(24(31)32)12-6-1-7-13-26)27(14-15-27)29-25(33)34-16-22-20-10-4-2-8-18(20)19-9-3-5-11-21(19)22/h2-5,8-11,22H,1,6-7,12-17H2,(H,28,30)(H,29,33)(H,31,32). The average molecular weight is 463 g/mol. The first-order valence-electron chi connectivity index (χ1n) is 12.1. The Labute approximate surface area is 198 Å². The lowest BCUT2D eigenvalue weighted by molar-refractivity contribution is -0.151. The normalized spacial score (nSPS) is 19.4. The number of ether oxygens (including phenoxy) is 1. The maximum absolute atomic E-state index is 12.9. The molecule has 0 bridgehead atoms. The highest BCUT2D eigenvalue weighted by molar-refractivity contribution is 5.93. The largest absolute Gasteiger partial charge is 0.481 e. The predicted molar refractivity (Wildman–Crippen MR) is 126 cm³/mol. The van der Waals surface area contributed by atoms with Gasteiger partial charge in [0.25, 0.3) is 0 Å². The fourth-order valence-electron chi connectivity index (χ4n) is 5.48. The zero-order valence-electron chi connectivity index (χ0n) is 19.1. The molecular formula is C27H30N2O5. The van der Waals surface area contributed by atoms with Crippen molar-refractivity contribution in [3.05, 3.63) is 59.7 Å². The monoisotopic (exact) mass is 462 g/mol. The minimum Gasteiger partial charge on any atom is -0.481 e. The molecule has 3 aliphatic rings. The molecule has 2 amide bonds. The summed E-state index contributed by atoms with van der Waals surface area (Å²) in [4.78, 5) is 37.4.